The molecule has 0 bridgehead atoms. The molecular formula is C16H12NO5P. The van der Waals surface area contributed by atoms with Gasteiger partial charge in [-0.05, 0) is 23.6 Å². The van der Waals surface area contributed by atoms with Gasteiger partial charge in [0.05, 0.1) is 4.92 Å². The van der Waals surface area contributed by atoms with E-state index in [2.05, 4.69) is 0 Å². The Bertz CT molecular complexity index is 874. The smallest absolute Gasteiger partial charge is 0.418 e. The molecule has 0 saturated carbocycles. The van der Waals surface area contributed by atoms with Gasteiger partial charge < -0.3 is 9.05 Å². The van der Waals surface area contributed by atoms with E-state index in [0.29, 0.717) is 5.75 Å². The Balaban J connectivity index is 1.75. The number of non-ortho nitro benzene ring substituents is 1. The van der Waals surface area contributed by atoms with Crippen molar-refractivity contribution in [1.82, 2.24) is 0 Å². The van der Waals surface area contributed by atoms with Crippen molar-refractivity contribution in [2.45, 2.75) is 0 Å². The molecule has 3 rings (SSSR count). The van der Waals surface area contributed by atoms with Crippen LogP contribution in [-0.4, -0.2) is 4.92 Å². The molecule has 3 aromatic rings. The highest BCUT2D eigenvalue weighted by molar-refractivity contribution is 7.34. The van der Waals surface area contributed by atoms with Gasteiger partial charge in [0.1, 0.15) is 11.5 Å². The summed E-state index contributed by atoms with van der Waals surface area (Å²) in [5.74, 6) is 0.716. The fraction of sp³-hybridized carbons (Fsp3) is 0. The molecule has 3 aromatic carbocycles. The Morgan fingerprint density at radius 3 is 2.30 bits per heavy atom. The van der Waals surface area contributed by atoms with Gasteiger partial charge in [0.15, 0.2) is 0 Å². The van der Waals surface area contributed by atoms with Crippen molar-refractivity contribution in [3.05, 3.63) is 76.8 Å². The van der Waals surface area contributed by atoms with E-state index in [-0.39, 0.29) is 11.4 Å². The van der Waals surface area contributed by atoms with E-state index in [9.17, 15) is 14.7 Å². The fourth-order valence-corrected chi connectivity index (χ4v) is 2.86. The number of fused-ring (bicyclic) bond motifs is 1. The molecule has 6 nitrogen and oxygen atoms in total. The number of nitrogens with zero attached hydrogens (tertiary/aromatic N) is 1. The van der Waals surface area contributed by atoms with Crippen molar-refractivity contribution < 1.29 is 18.5 Å². The lowest BCUT2D eigenvalue weighted by Gasteiger charge is -2.10. The number of nitro groups is 1. The second-order valence-corrected chi connectivity index (χ2v) is 5.59. The van der Waals surface area contributed by atoms with Crippen LogP contribution in [-0.2, 0) is 4.57 Å². The second-order valence-electron chi connectivity index (χ2n) is 4.68. The maximum atomic E-state index is 12.1. The zero-order chi connectivity index (χ0) is 16.2. The van der Waals surface area contributed by atoms with Gasteiger partial charge in [-0.3, -0.25) is 10.1 Å². The van der Waals surface area contributed by atoms with Crippen LogP contribution in [0.25, 0.3) is 10.8 Å². The number of benzene rings is 3. The predicted octanol–water partition coefficient (Wildman–Crippen LogP) is 4.60. The molecule has 0 aromatic heterocycles. The average Bonchev–Trinajstić information content (AvgIpc) is 2.55. The maximum Gasteiger partial charge on any atom is 0.418 e. The molecule has 23 heavy (non-hydrogen) atoms. The van der Waals surface area contributed by atoms with Gasteiger partial charge in [0.25, 0.3) is 5.69 Å². The van der Waals surface area contributed by atoms with Crippen LogP contribution in [0.1, 0.15) is 0 Å². The van der Waals surface area contributed by atoms with Crippen LogP contribution in [0.2, 0.25) is 0 Å². The molecule has 1 atom stereocenters. The Hall–Kier alpha value is -2.85. The summed E-state index contributed by atoms with van der Waals surface area (Å²) in [6, 6.07) is 18.3. The van der Waals surface area contributed by atoms with E-state index >= 15 is 0 Å². The predicted molar refractivity (Wildman–Crippen MR) is 87.3 cm³/mol. The average molecular weight is 329 g/mol. The third kappa shape index (κ3) is 3.49. The molecule has 0 heterocycles. The standard InChI is InChI=1S/C16H12NO5P/c18-17(19)13-8-10-14(11-9-13)21-23(20)22-16-7-3-5-12-4-1-2-6-15(12)16/h1-11,23H. The molecule has 7 heteroatoms. The topological polar surface area (TPSA) is 78.7 Å². The molecule has 0 aliphatic rings. The minimum absolute atomic E-state index is 0.0630. The monoisotopic (exact) mass is 329 g/mol. The van der Waals surface area contributed by atoms with Crippen molar-refractivity contribution >= 4 is 24.7 Å². The van der Waals surface area contributed by atoms with Gasteiger partial charge in [-0.1, -0.05) is 36.4 Å². The van der Waals surface area contributed by atoms with Crippen molar-refractivity contribution in [3.8, 4) is 11.5 Å². The SMILES string of the molecule is O=[N+]([O-])c1ccc(O[PH](=O)Oc2cccc3ccccc23)cc1. The van der Waals surface area contributed by atoms with Gasteiger partial charge in [0, 0.05) is 17.5 Å². The normalized spacial score (nSPS) is 11.8. The third-order valence-corrected chi connectivity index (χ3v) is 3.98. The first-order valence-corrected chi connectivity index (χ1v) is 7.98. The molecule has 0 fully saturated rings. The van der Waals surface area contributed by atoms with Crippen LogP contribution in [0.15, 0.2) is 66.7 Å². The Kier molecular flexibility index (Phi) is 4.26. The van der Waals surface area contributed by atoms with Crippen molar-refractivity contribution in [2.24, 2.45) is 0 Å². The summed E-state index contributed by atoms with van der Waals surface area (Å²) in [5.41, 5.74) is -0.0630. The van der Waals surface area contributed by atoms with Crippen molar-refractivity contribution in [1.29, 1.82) is 0 Å². The molecule has 0 aliphatic heterocycles. The summed E-state index contributed by atoms with van der Waals surface area (Å²) in [6.07, 6.45) is 0. The fourth-order valence-electron chi connectivity index (χ4n) is 2.13. The molecule has 116 valence electrons. The van der Waals surface area contributed by atoms with E-state index in [1.807, 2.05) is 30.3 Å². The summed E-state index contributed by atoms with van der Waals surface area (Å²) in [4.78, 5) is 10.1. The summed E-state index contributed by atoms with van der Waals surface area (Å²) in [5, 5.41) is 12.4. The zero-order valence-corrected chi connectivity index (χ0v) is 12.8. The highest BCUT2D eigenvalue weighted by Gasteiger charge is 2.09. The highest BCUT2D eigenvalue weighted by atomic mass is 31.1. The molecule has 0 aliphatic carbocycles. The Morgan fingerprint density at radius 2 is 1.57 bits per heavy atom. The van der Waals surface area contributed by atoms with Gasteiger partial charge in [-0.25, -0.2) is 4.57 Å². The van der Waals surface area contributed by atoms with E-state index in [4.69, 9.17) is 9.05 Å². The first-order valence-electron chi connectivity index (χ1n) is 6.75. The third-order valence-electron chi connectivity index (χ3n) is 3.19. The summed E-state index contributed by atoms with van der Waals surface area (Å²) < 4.78 is 22.7. The van der Waals surface area contributed by atoms with Gasteiger partial charge >= 0.3 is 8.25 Å². The molecule has 0 N–H and O–H groups in total. The first-order chi connectivity index (χ1) is 11.1. The number of hydrogen-bond donors (Lipinski definition) is 0. The number of hydrogen-bond acceptors (Lipinski definition) is 5. The van der Waals surface area contributed by atoms with Crippen LogP contribution in [0.5, 0.6) is 11.5 Å². The first kappa shape index (κ1) is 15.1. The van der Waals surface area contributed by atoms with E-state index in [1.165, 1.54) is 24.3 Å². The zero-order valence-electron chi connectivity index (χ0n) is 11.8. The molecular weight excluding hydrogens is 317 g/mol. The van der Waals surface area contributed by atoms with Crippen LogP contribution in [0.4, 0.5) is 5.69 Å². The highest BCUT2D eigenvalue weighted by Crippen LogP contribution is 2.35. The minimum atomic E-state index is -2.84. The number of rotatable bonds is 5. The molecule has 0 spiro atoms. The largest absolute Gasteiger partial charge is 0.418 e. The summed E-state index contributed by atoms with van der Waals surface area (Å²) in [6.45, 7) is 0. The quantitative estimate of drug-likeness (QED) is 0.388. The van der Waals surface area contributed by atoms with E-state index in [0.717, 1.165) is 10.8 Å². The van der Waals surface area contributed by atoms with Crippen molar-refractivity contribution in [3.63, 3.8) is 0 Å². The van der Waals surface area contributed by atoms with E-state index < -0.39 is 13.2 Å². The lowest BCUT2D eigenvalue weighted by molar-refractivity contribution is -0.384. The van der Waals surface area contributed by atoms with Crippen molar-refractivity contribution in [2.75, 3.05) is 0 Å². The van der Waals surface area contributed by atoms with Gasteiger partial charge in [-0.15, -0.1) is 0 Å². The minimum Gasteiger partial charge on any atom is -0.418 e. The summed E-state index contributed by atoms with van der Waals surface area (Å²) >= 11 is 0. The van der Waals surface area contributed by atoms with Crippen LogP contribution in [0, 0.1) is 10.1 Å². The Labute approximate surface area is 132 Å². The lowest BCUT2D eigenvalue weighted by atomic mass is 10.1. The molecule has 1 unspecified atom stereocenters. The van der Waals surface area contributed by atoms with Gasteiger partial charge in [-0.2, -0.15) is 0 Å². The van der Waals surface area contributed by atoms with Crippen LogP contribution >= 0.6 is 8.25 Å². The molecule has 0 saturated heterocycles. The van der Waals surface area contributed by atoms with Crippen LogP contribution in [0.3, 0.4) is 0 Å². The Morgan fingerprint density at radius 1 is 0.870 bits per heavy atom. The molecule has 0 radical (unpaired) electrons. The second kappa shape index (κ2) is 6.50. The summed E-state index contributed by atoms with van der Waals surface area (Å²) in [7, 11) is -2.84. The maximum absolute atomic E-state index is 12.1. The molecule has 0 amide bonds. The van der Waals surface area contributed by atoms with E-state index in [1.54, 1.807) is 12.1 Å². The van der Waals surface area contributed by atoms with Crippen LogP contribution < -0.4 is 9.05 Å². The number of nitro benzene ring substituents is 1. The lowest BCUT2D eigenvalue weighted by Crippen LogP contribution is -1.91. The van der Waals surface area contributed by atoms with Gasteiger partial charge in [0.2, 0.25) is 0 Å².